The average molecular weight is 444 g/mol. The molecule has 0 bridgehead atoms. The van der Waals surface area contributed by atoms with Gasteiger partial charge in [0.15, 0.2) is 0 Å². The molecule has 6 heteroatoms. The minimum Gasteiger partial charge on any atom is -0.495 e. The van der Waals surface area contributed by atoms with Crippen LogP contribution in [0.1, 0.15) is 23.1 Å². The highest BCUT2D eigenvalue weighted by Crippen LogP contribution is 2.34. The maximum Gasteiger partial charge on any atom is 0.324 e. The van der Waals surface area contributed by atoms with Crippen LogP contribution in [0.4, 0.5) is 16.2 Å². The Morgan fingerprint density at radius 2 is 1.76 bits per heavy atom. The predicted molar refractivity (Wildman–Crippen MR) is 131 cm³/mol. The number of amides is 3. The van der Waals surface area contributed by atoms with Gasteiger partial charge in [-0.15, -0.1) is 0 Å². The van der Waals surface area contributed by atoms with Crippen LogP contribution in [0, 0.1) is 6.92 Å². The molecule has 0 unspecified atom stereocenters. The lowest BCUT2D eigenvalue weighted by molar-refractivity contribution is -0.115. The van der Waals surface area contributed by atoms with Gasteiger partial charge in [0.1, 0.15) is 5.75 Å². The second-order valence-electron chi connectivity index (χ2n) is 8.30. The summed E-state index contributed by atoms with van der Waals surface area (Å²) >= 11 is 0. The lowest BCUT2D eigenvalue weighted by atomic mass is 10.1. The second-order valence-corrected chi connectivity index (χ2v) is 8.30. The van der Waals surface area contributed by atoms with Crippen molar-refractivity contribution in [2.45, 2.75) is 26.3 Å². The van der Waals surface area contributed by atoms with Crippen molar-refractivity contribution in [3.05, 3.63) is 89.5 Å². The minimum absolute atomic E-state index is 0.0613. The van der Waals surface area contributed by atoms with E-state index in [9.17, 15) is 9.59 Å². The van der Waals surface area contributed by atoms with Crippen LogP contribution < -0.4 is 15.0 Å². The largest absolute Gasteiger partial charge is 0.495 e. The normalized spacial score (nSPS) is 13.7. The molecule has 0 aromatic heterocycles. The first-order valence-corrected chi connectivity index (χ1v) is 11.2. The van der Waals surface area contributed by atoms with E-state index in [1.165, 1.54) is 5.56 Å². The third-order valence-electron chi connectivity index (χ3n) is 5.73. The maximum atomic E-state index is 13.4. The smallest absolute Gasteiger partial charge is 0.324 e. The Balaban J connectivity index is 1.51. The highest BCUT2D eigenvalue weighted by molar-refractivity contribution is 5.97. The van der Waals surface area contributed by atoms with Gasteiger partial charge in [-0.1, -0.05) is 60.2 Å². The zero-order valence-corrected chi connectivity index (χ0v) is 19.1. The molecule has 1 N–H and O–H groups in total. The summed E-state index contributed by atoms with van der Waals surface area (Å²) in [7, 11) is 1.59. The third kappa shape index (κ3) is 5.52. The van der Waals surface area contributed by atoms with E-state index in [0.29, 0.717) is 36.8 Å². The van der Waals surface area contributed by atoms with E-state index in [4.69, 9.17) is 4.74 Å². The Morgan fingerprint density at radius 3 is 2.52 bits per heavy atom. The summed E-state index contributed by atoms with van der Waals surface area (Å²) in [5.74, 6) is 0.491. The fourth-order valence-electron chi connectivity index (χ4n) is 4.15. The lowest BCUT2D eigenvalue weighted by Crippen LogP contribution is -2.49. The van der Waals surface area contributed by atoms with E-state index in [0.717, 1.165) is 17.5 Å². The van der Waals surface area contributed by atoms with Crippen molar-refractivity contribution in [1.29, 1.82) is 0 Å². The highest BCUT2D eigenvalue weighted by atomic mass is 16.5. The van der Waals surface area contributed by atoms with Crippen molar-refractivity contribution < 1.29 is 14.3 Å². The van der Waals surface area contributed by atoms with Gasteiger partial charge in [-0.2, -0.15) is 0 Å². The van der Waals surface area contributed by atoms with Gasteiger partial charge in [-0.3, -0.25) is 9.69 Å². The topological polar surface area (TPSA) is 61.9 Å². The van der Waals surface area contributed by atoms with Crippen LogP contribution in [0.25, 0.3) is 0 Å². The first-order chi connectivity index (χ1) is 16.0. The quantitative estimate of drug-likeness (QED) is 0.558. The number of hydrogen-bond donors (Lipinski definition) is 1. The Labute approximate surface area is 194 Å². The van der Waals surface area contributed by atoms with E-state index in [1.54, 1.807) is 24.1 Å². The molecule has 33 heavy (non-hydrogen) atoms. The first kappa shape index (κ1) is 22.4. The number of methoxy groups -OCH3 is 1. The monoisotopic (exact) mass is 443 g/mol. The van der Waals surface area contributed by atoms with Gasteiger partial charge in [-0.25, -0.2) is 4.79 Å². The molecular weight excluding hydrogens is 414 g/mol. The SMILES string of the molecule is COc1ccc(NC(=O)Cc2ccccc2)cc1N1CCCN(Cc2cccc(C)c2)C1=O. The van der Waals surface area contributed by atoms with Gasteiger partial charge in [0.2, 0.25) is 5.91 Å². The zero-order chi connectivity index (χ0) is 23.2. The van der Waals surface area contributed by atoms with Crippen LogP contribution in [-0.4, -0.2) is 37.0 Å². The summed E-state index contributed by atoms with van der Waals surface area (Å²) in [4.78, 5) is 29.5. The van der Waals surface area contributed by atoms with E-state index < -0.39 is 0 Å². The Morgan fingerprint density at radius 1 is 0.970 bits per heavy atom. The van der Waals surface area contributed by atoms with Crippen LogP contribution in [0.15, 0.2) is 72.8 Å². The number of aryl methyl sites for hydroxylation is 1. The van der Waals surface area contributed by atoms with Crippen molar-refractivity contribution in [1.82, 2.24) is 4.90 Å². The van der Waals surface area contributed by atoms with Gasteiger partial charge in [0, 0.05) is 25.3 Å². The fraction of sp³-hybridized carbons (Fsp3) is 0.259. The summed E-state index contributed by atoms with van der Waals surface area (Å²) < 4.78 is 5.55. The van der Waals surface area contributed by atoms with E-state index in [-0.39, 0.29) is 18.4 Å². The number of anilines is 2. The standard InChI is InChI=1S/C27H29N3O3/c1-20-8-6-11-22(16-20)19-29-14-7-15-30(27(29)32)24-18-23(12-13-25(24)33-2)28-26(31)17-21-9-4-3-5-10-21/h3-6,8-13,16,18H,7,14-15,17,19H2,1-2H3,(H,28,31). The van der Waals surface area contributed by atoms with Crippen molar-refractivity contribution in [2.75, 3.05) is 30.4 Å². The Bertz CT molecular complexity index is 1130. The van der Waals surface area contributed by atoms with E-state index in [2.05, 4.69) is 24.4 Å². The summed E-state index contributed by atoms with van der Waals surface area (Å²) in [5.41, 5.74) is 4.53. The number of nitrogens with one attached hydrogen (secondary N) is 1. The molecule has 170 valence electrons. The second kappa shape index (κ2) is 10.2. The molecule has 0 spiro atoms. The predicted octanol–water partition coefficient (Wildman–Crippen LogP) is 5.02. The van der Waals surface area contributed by atoms with E-state index >= 15 is 0 Å². The summed E-state index contributed by atoms with van der Waals surface area (Å²) in [6, 6.07) is 23.2. The van der Waals surface area contributed by atoms with Gasteiger partial charge in [-0.05, 0) is 42.7 Å². The molecule has 0 radical (unpaired) electrons. The third-order valence-corrected chi connectivity index (χ3v) is 5.73. The van der Waals surface area contributed by atoms with Crippen LogP contribution in [0.3, 0.4) is 0 Å². The van der Waals surface area contributed by atoms with Crippen LogP contribution >= 0.6 is 0 Å². The van der Waals surface area contributed by atoms with Crippen molar-refractivity contribution >= 4 is 23.3 Å². The molecule has 0 aliphatic carbocycles. The summed E-state index contributed by atoms with van der Waals surface area (Å²) in [6.07, 6.45) is 1.14. The summed E-state index contributed by atoms with van der Waals surface area (Å²) in [5, 5.41) is 2.95. The molecule has 3 aromatic rings. The number of hydrogen-bond acceptors (Lipinski definition) is 3. The number of nitrogens with zero attached hydrogens (tertiary/aromatic N) is 2. The van der Waals surface area contributed by atoms with Crippen LogP contribution in [-0.2, 0) is 17.8 Å². The molecule has 6 nitrogen and oxygen atoms in total. The molecule has 3 aromatic carbocycles. The number of carbonyl (C=O) groups excluding carboxylic acids is 2. The van der Waals surface area contributed by atoms with Gasteiger partial charge < -0.3 is 15.0 Å². The minimum atomic E-state index is -0.108. The first-order valence-electron chi connectivity index (χ1n) is 11.2. The van der Waals surface area contributed by atoms with Gasteiger partial charge in [0.25, 0.3) is 0 Å². The highest BCUT2D eigenvalue weighted by Gasteiger charge is 2.29. The molecule has 1 saturated heterocycles. The van der Waals surface area contributed by atoms with Gasteiger partial charge >= 0.3 is 6.03 Å². The van der Waals surface area contributed by atoms with Gasteiger partial charge in [0.05, 0.1) is 19.2 Å². The maximum absolute atomic E-state index is 13.4. The van der Waals surface area contributed by atoms with Crippen LogP contribution in [0.2, 0.25) is 0 Å². The Kier molecular flexibility index (Phi) is 6.93. The molecule has 0 atom stereocenters. The lowest BCUT2D eigenvalue weighted by Gasteiger charge is -2.36. The molecule has 4 rings (SSSR count). The number of urea groups is 1. The molecular formula is C27H29N3O3. The number of ether oxygens (including phenoxy) is 1. The number of rotatable bonds is 7. The van der Waals surface area contributed by atoms with Crippen molar-refractivity contribution in [3.63, 3.8) is 0 Å². The molecule has 1 aliphatic heterocycles. The summed E-state index contributed by atoms with van der Waals surface area (Å²) in [6.45, 7) is 3.92. The molecule has 3 amide bonds. The molecule has 1 aliphatic rings. The molecule has 0 saturated carbocycles. The molecule has 1 heterocycles. The van der Waals surface area contributed by atoms with Crippen LogP contribution in [0.5, 0.6) is 5.75 Å². The average Bonchev–Trinajstić information content (AvgIpc) is 2.81. The fourth-order valence-corrected chi connectivity index (χ4v) is 4.15. The van der Waals surface area contributed by atoms with E-state index in [1.807, 2.05) is 53.4 Å². The number of carbonyl (C=O) groups is 2. The molecule has 1 fully saturated rings. The van der Waals surface area contributed by atoms with Crippen molar-refractivity contribution in [2.24, 2.45) is 0 Å². The zero-order valence-electron chi connectivity index (χ0n) is 19.1. The number of benzene rings is 3. The van der Waals surface area contributed by atoms with Crippen molar-refractivity contribution in [3.8, 4) is 5.75 Å². The Hall–Kier alpha value is -3.80.